The molecule has 4 rings (SSSR count). The van der Waals surface area contributed by atoms with Gasteiger partial charge in [-0.05, 0) is 59.9 Å². The molecule has 1 saturated heterocycles. The number of aromatic nitrogens is 1. The van der Waals surface area contributed by atoms with Gasteiger partial charge in [0.25, 0.3) is 5.91 Å². The van der Waals surface area contributed by atoms with Gasteiger partial charge < -0.3 is 25.2 Å². The van der Waals surface area contributed by atoms with Crippen molar-refractivity contribution in [3.8, 4) is 5.75 Å². The van der Waals surface area contributed by atoms with Crippen molar-refractivity contribution in [3.05, 3.63) is 82.8 Å². The standard InChI is InChI=1S/C33H45N7O3S/c1-22-7-8-23(32(41)37-28-18-25(33(2,3)4)19-29(38-44-6)31(28)42-5)17-30(22)40(35)21-27(34)24-9-10-26(36-20-24)11-12-39-13-15-43-16-14-39/h7-10,17-21,38H,11-16,34-35H2,1-6H3,(H,37,41)/b27-21-. The summed E-state index contributed by atoms with van der Waals surface area (Å²) in [7, 11) is 1.59. The molecule has 1 aliphatic rings. The minimum Gasteiger partial charge on any atom is -0.492 e. The van der Waals surface area contributed by atoms with E-state index in [1.54, 1.807) is 31.6 Å². The molecule has 6 N–H and O–H groups in total. The van der Waals surface area contributed by atoms with Crippen molar-refractivity contribution < 1.29 is 14.3 Å². The molecule has 2 aromatic carbocycles. The molecule has 2 heterocycles. The van der Waals surface area contributed by atoms with Gasteiger partial charge in [0.05, 0.1) is 43.1 Å². The number of hydrogen-bond donors (Lipinski definition) is 4. The number of nitrogens with one attached hydrogen (secondary N) is 2. The molecule has 0 radical (unpaired) electrons. The number of aryl methyl sites for hydroxylation is 1. The van der Waals surface area contributed by atoms with Crippen LogP contribution in [0.5, 0.6) is 5.75 Å². The minimum absolute atomic E-state index is 0.136. The molecule has 1 amide bonds. The van der Waals surface area contributed by atoms with E-state index in [4.69, 9.17) is 21.1 Å². The predicted molar refractivity (Wildman–Crippen MR) is 182 cm³/mol. The Labute approximate surface area is 265 Å². The number of nitrogens with two attached hydrogens (primary N) is 2. The van der Waals surface area contributed by atoms with E-state index in [2.05, 4.69) is 40.7 Å². The molecule has 11 heteroatoms. The minimum atomic E-state index is -0.284. The number of amides is 1. The Bertz CT molecular complexity index is 1470. The number of morpholine rings is 1. The smallest absolute Gasteiger partial charge is 0.255 e. The lowest BCUT2D eigenvalue weighted by Crippen LogP contribution is -2.37. The second kappa shape index (κ2) is 14.8. The summed E-state index contributed by atoms with van der Waals surface area (Å²) in [5, 5.41) is 4.49. The summed E-state index contributed by atoms with van der Waals surface area (Å²) in [4.78, 5) is 20.5. The molecule has 0 bridgehead atoms. The predicted octanol–water partition coefficient (Wildman–Crippen LogP) is 5.15. The van der Waals surface area contributed by atoms with Crippen molar-refractivity contribution in [3.63, 3.8) is 0 Å². The van der Waals surface area contributed by atoms with Gasteiger partial charge in [0.15, 0.2) is 5.75 Å². The van der Waals surface area contributed by atoms with Gasteiger partial charge >= 0.3 is 0 Å². The fourth-order valence-electron chi connectivity index (χ4n) is 4.92. The molecule has 1 aromatic heterocycles. The summed E-state index contributed by atoms with van der Waals surface area (Å²) < 4.78 is 14.4. The van der Waals surface area contributed by atoms with Gasteiger partial charge in [-0.25, -0.2) is 5.84 Å². The van der Waals surface area contributed by atoms with Crippen LogP contribution < -0.4 is 31.4 Å². The van der Waals surface area contributed by atoms with Crippen LogP contribution in [0.4, 0.5) is 17.1 Å². The highest BCUT2D eigenvalue weighted by atomic mass is 32.2. The fourth-order valence-corrected chi connectivity index (χ4v) is 5.29. The van der Waals surface area contributed by atoms with Gasteiger partial charge in [-0.15, -0.1) is 0 Å². The highest BCUT2D eigenvalue weighted by molar-refractivity contribution is 7.99. The van der Waals surface area contributed by atoms with Gasteiger partial charge in [-0.2, -0.15) is 0 Å². The lowest BCUT2D eigenvalue weighted by atomic mass is 9.86. The van der Waals surface area contributed by atoms with E-state index in [1.807, 2.05) is 43.5 Å². The largest absolute Gasteiger partial charge is 0.492 e. The van der Waals surface area contributed by atoms with Gasteiger partial charge in [-0.1, -0.05) is 38.8 Å². The Morgan fingerprint density at radius 3 is 2.48 bits per heavy atom. The fraction of sp³-hybridized carbons (Fsp3) is 0.394. The molecule has 0 unspecified atom stereocenters. The maximum absolute atomic E-state index is 13.5. The van der Waals surface area contributed by atoms with Crippen LogP contribution in [0.3, 0.4) is 0 Å². The molecule has 3 aromatic rings. The highest BCUT2D eigenvalue weighted by Gasteiger charge is 2.21. The number of carbonyl (C=O) groups is 1. The number of anilines is 3. The number of pyridine rings is 1. The van der Waals surface area contributed by atoms with Gasteiger partial charge in [0.2, 0.25) is 0 Å². The average molecular weight is 620 g/mol. The molecule has 0 spiro atoms. The molecule has 236 valence electrons. The molecule has 1 fully saturated rings. The monoisotopic (exact) mass is 619 g/mol. The van der Waals surface area contributed by atoms with Crippen molar-refractivity contribution >= 4 is 40.6 Å². The topological polar surface area (TPSA) is 131 Å². The van der Waals surface area contributed by atoms with Crippen LogP contribution >= 0.6 is 11.9 Å². The SMILES string of the molecule is COc1c(NSC)cc(C(C)(C)C)cc1NC(=O)c1ccc(C)c(N(N)/C=C(\N)c2ccc(CCN3CCOCC3)nc2)c1. The Morgan fingerprint density at radius 1 is 1.14 bits per heavy atom. The van der Waals surface area contributed by atoms with Crippen molar-refractivity contribution in [2.24, 2.45) is 11.6 Å². The third-order valence-electron chi connectivity index (χ3n) is 7.59. The maximum Gasteiger partial charge on any atom is 0.255 e. The highest BCUT2D eigenvalue weighted by Crippen LogP contribution is 2.39. The van der Waals surface area contributed by atoms with Crippen molar-refractivity contribution in [1.82, 2.24) is 9.88 Å². The Hall–Kier alpha value is -3.77. The van der Waals surface area contributed by atoms with Crippen LogP contribution in [0.15, 0.2) is 54.9 Å². The van der Waals surface area contributed by atoms with Crippen LogP contribution in [0.2, 0.25) is 0 Å². The number of benzene rings is 2. The zero-order chi connectivity index (χ0) is 31.9. The van der Waals surface area contributed by atoms with Gasteiger partial charge in [0.1, 0.15) is 0 Å². The number of carbonyl (C=O) groups excluding carboxylic acids is 1. The summed E-state index contributed by atoms with van der Waals surface area (Å²) in [5.74, 6) is 6.74. The Morgan fingerprint density at radius 2 is 1.84 bits per heavy atom. The lowest BCUT2D eigenvalue weighted by molar-refractivity contribution is 0.0383. The van der Waals surface area contributed by atoms with Crippen LogP contribution in [0.25, 0.3) is 5.70 Å². The molecular weight excluding hydrogens is 574 g/mol. The van der Waals surface area contributed by atoms with E-state index in [1.165, 1.54) is 17.0 Å². The van der Waals surface area contributed by atoms with Gasteiger partial charge in [0, 0.05) is 61.5 Å². The quantitative estimate of drug-likeness (QED) is 0.130. The van der Waals surface area contributed by atoms with Crippen LogP contribution in [0, 0.1) is 6.92 Å². The first-order chi connectivity index (χ1) is 21.0. The van der Waals surface area contributed by atoms with E-state index < -0.39 is 0 Å². The number of ether oxygens (including phenoxy) is 2. The van der Waals surface area contributed by atoms with Crippen LogP contribution in [0.1, 0.15) is 53.5 Å². The molecule has 0 aliphatic carbocycles. The van der Waals surface area contributed by atoms with E-state index in [0.29, 0.717) is 28.4 Å². The summed E-state index contributed by atoms with van der Waals surface area (Å²) >= 11 is 1.46. The molecule has 44 heavy (non-hydrogen) atoms. The summed E-state index contributed by atoms with van der Waals surface area (Å²) in [5.41, 5.74) is 12.9. The van der Waals surface area contributed by atoms with E-state index in [0.717, 1.165) is 67.3 Å². The average Bonchev–Trinajstić information content (AvgIpc) is 3.00. The summed E-state index contributed by atoms with van der Waals surface area (Å²) in [6.07, 6.45) is 6.21. The second-order valence-electron chi connectivity index (χ2n) is 11.9. The first-order valence-electron chi connectivity index (χ1n) is 14.7. The maximum atomic E-state index is 13.5. The Balaban J connectivity index is 1.50. The molecule has 0 atom stereocenters. The number of rotatable bonds is 11. The van der Waals surface area contributed by atoms with Crippen molar-refractivity contribution in [2.75, 3.05) is 61.3 Å². The normalized spacial score (nSPS) is 14.3. The summed E-state index contributed by atoms with van der Waals surface area (Å²) in [6.45, 7) is 12.7. The number of nitrogens with zero attached hydrogens (tertiary/aromatic N) is 3. The second-order valence-corrected chi connectivity index (χ2v) is 12.5. The Kier molecular flexibility index (Phi) is 11.1. The summed E-state index contributed by atoms with van der Waals surface area (Å²) in [6, 6.07) is 13.3. The molecule has 10 nitrogen and oxygen atoms in total. The van der Waals surface area contributed by atoms with Crippen LogP contribution in [-0.2, 0) is 16.6 Å². The number of methoxy groups -OCH3 is 1. The molecule has 1 aliphatic heterocycles. The molecule has 0 saturated carbocycles. The van der Waals surface area contributed by atoms with E-state index >= 15 is 0 Å². The van der Waals surface area contributed by atoms with Crippen LogP contribution in [-0.4, -0.2) is 62.0 Å². The first-order valence-corrected chi connectivity index (χ1v) is 15.9. The molecular formula is C33H45N7O3S. The van der Waals surface area contributed by atoms with Gasteiger partial charge in [-0.3, -0.25) is 19.7 Å². The number of hydrazine groups is 1. The first kappa shape index (κ1) is 33.1. The van der Waals surface area contributed by atoms with Crippen molar-refractivity contribution in [2.45, 2.75) is 39.5 Å². The van der Waals surface area contributed by atoms with Crippen molar-refractivity contribution in [1.29, 1.82) is 0 Å². The third-order valence-corrected chi connectivity index (χ3v) is 8.02. The lowest BCUT2D eigenvalue weighted by Gasteiger charge is -2.26. The van der Waals surface area contributed by atoms with E-state index in [-0.39, 0.29) is 11.3 Å². The van der Waals surface area contributed by atoms with E-state index in [9.17, 15) is 4.79 Å². The number of hydrogen-bond acceptors (Lipinski definition) is 10. The zero-order valence-electron chi connectivity index (χ0n) is 26.6. The third kappa shape index (κ3) is 8.44. The zero-order valence-corrected chi connectivity index (χ0v) is 27.4.